The molecular formula is C24H19N3O3. The van der Waals surface area contributed by atoms with Crippen molar-refractivity contribution in [2.75, 3.05) is 18.1 Å². The summed E-state index contributed by atoms with van der Waals surface area (Å²) >= 11 is 0. The summed E-state index contributed by atoms with van der Waals surface area (Å²) in [5.41, 5.74) is 4.73. The van der Waals surface area contributed by atoms with E-state index in [2.05, 4.69) is 9.97 Å². The highest BCUT2D eigenvalue weighted by molar-refractivity contribution is 6.01. The molecule has 0 aliphatic carbocycles. The zero-order chi connectivity index (χ0) is 20.5. The Balaban J connectivity index is 1.34. The number of carbonyl (C=O) groups excluding carboxylic acids is 2. The second kappa shape index (κ2) is 7.48. The van der Waals surface area contributed by atoms with E-state index in [0.29, 0.717) is 23.5 Å². The Morgan fingerprint density at radius 3 is 2.63 bits per heavy atom. The van der Waals surface area contributed by atoms with E-state index < -0.39 is 5.97 Å². The fourth-order valence-electron chi connectivity index (χ4n) is 3.83. The normalized spacial score (nSPS) is 12.7. The average molecular weight is 397 g/mol. The molecule has 0 spiro atoms. The van der Waals surface area contributed by atoms with E-state index >= 15 is 0 Å². The van der Waals surface area contributed by atoms with Crippen LogP contribution in [0.3, 0.4) is 0 Å². The largest absolute Gasteiger partial charge is 0.452 e. The van der Waals surface area contributed by atoms with E-state index in [-0.39, 0.29) is 12.5 Å². The van der Waals surface area contributed by atoms with Crippen molar-refractivity contribution >= 4 is 28.6 Å². The number of esters is 1. The van der Waals surface area contributed by atoms with Gasteiger partial charge in [-0.1, -0.05) is 48.5 Å². The van der Waals surface area contributed by atoms with Gasteiger partial charge >= 0.3 is 5.97 Å². The Labute approximate surface area is 173 Å². The number of anilines is 1. The number of nitrogens with one attached hydrogen (secondary N) is 1. The van der Waals surface area contributed by atoms with Crippen LogP contribution in [-0.4, -0.2) is 35.0 Å². The lowest BCUT2D eigenvalue weighted by Crippen LogP contribution is -2.33. The SMILES string of the molecule is O=C(OCC(=O)N1CCc2ccccc21)c1ccccc1-c1nc2ccccc2[nH]1. The fraction of sp³-hybridized carbons (Fsp3) is 0.125. The summed E-state index contributed by atoms with van der Waals surface area (Å²) in [5.74, 6) is -0.190. The molecule has 4 aromatic rings. The molecule has 3 aromatic carbocycles. The quantitative estimate of drug-likeness (QED) is 0.529. The minimum absolute atomic E-state index is 0.227. The highest BCUT2D eigenvalue weighted by Crippen LogP contribution is 2.28. The van der Waals surface area contributed by atoms with Crippen LogP contribution in [-0.2, 0) is 16.0 Å². The molecular weight excluding hydrogens is 378 g/mol. The Kier molecular flexibility index (Phi) is 4.52. The minimum Gasteiger partial charge on any atom is -0.452 e. The van der Waals surface area contributed by atoms with Crippen LogP contribution < -0.4 is 4.90 Å². The van der Waals surface area contributed by atoms with Gasteiger partial charge in [-0.15, -0.1) is 0 Å². The van der Waals surface area contributed by atoms with E-state index in [1.165, 1.54) is 0 Å². The molecule has 5 rings (SSSR count). The molecule has 1 N–H and O–H groups in total. The Morgan fingerprint density at radius 2 is 1.73 bits per heavy atom. The van der Waals surface area contributed by atoms with Gasteiger partial charge in [-0.05, 0) is 36.2 Å². The molecule has 0 bridgehead atoms. The molecule has 0 atom stereocenters. The summed E-state index contributed by atoms with van der Waals surface area (Å²) in [4.78, 5) is 34.9. The van der Waals surface area contributed by atoms with E-state index in [1.54, 1.807) is 17.0 Å². The number of amides is 1. The molecule has 1 aliphatic rings. The van der Waals surface area contributed by atoms with Crippen molar-refractivity contribution in [3.8, 4) is 11.4 Å². The maximum absolute atomic E-state index is 12.8. The van der Waals surface area contributed by atoms with Gasteiger partial charge in [0.25, 0.3) is 5.91 Å². The van der Waals surface area contributed by atoms with Crippen molar-refractivity contribution in [2.45, 2.75) is 6.42 Å². The Bertz CT molecular complexity index is 1230. The van der Waals surface area contributed by atoms with E-state index in [4.69, 9.17) is 4.74 Å². The van der Waals surface area contributed by atoms with Crippen LogP contribution in [0.15, 0.2) is 72.8 Å². The van der Waals surface area contributed by atoms with Crippen LogP contribution in [0.2, 0.25) is 0 Å². The second-order valence-electron chi connectivity index (χ2n) is 7.15. The van der Waals surface area contributed by atoms with Gasteiger partial charge < -0.3 is 14.6 Å². The van der Waals surface area contributed by atoms with Gasteiger partial charge in [0.2, 0.25) is 0 Å². The first kappa shape index (κ1) is 18.1. The summed E-state index contributed by atoms with van der Waals surface area (Å²) in [6.45, 7) is 0.299. The van der Waals surface area contributed by atoms with Crippen molar-refractivity contribution in [1.29, 1.82) is 0 Å². The smallest absolute Gasteiger partial charge is 0.339 e. The highest BCUT2D eigenvalue weighted by atomic mass is 16.5. The molecule has 0 saturated heterocycles. The van der Waals surface area contributed by atoms with Gasteiger partial charge in [-0.25, -0.2) is 9.78 Å². The summed E-state index contributed by atoms with van der Waals surface area (Å²) in [6, 6.07) is 22.6. The number of aromatic nitrogens is 2. The number of ether oxygens (including phenoxy) is 1. The minimum atomic E-state index is -0.549. The third-order valence-corrected chi connectivity index (χ3v) is 5.31. The van der Waals surface area contributed by atoms with Gasteiger partial charge in [0, 0.05) is 17.8 Å². The lowest BCUT2D eigenvalue weighted by molar-refractivity contribution is -0.121. The van der Waals surface area contributed by atoms with Gasteiger partial charge in [0.05, 0.1) is 16.6 Å². The number of para-hydroxylation sites is 3. The number of imidazole rings is 1. The first-order valence-electron chi connectivity index (χ1n) is 9.80. The van der Waals surface area contributed by atoms with E-state index in [1.807, 2.05) is 60.7 Å². The number of hydrogen-bond donors (Lipinski definition) is 1. The molecule has 0 fully saturated rings. The molecule has 0 saturated carbocycles. The zero-order valence-electron chi connectivity index (χ0n) is 16.2. The Hall–Kier alpha value is -3.93. The van der Waals surface area contributed by atoms with Crippen molar-refractivity contribution in [1.82, 2.24) is 9.97 Å². The lowest BCUT2D eigenvalue weighted by atomic mass is 10.1. The second-order valence-corrected chi connectivity index (χ2v) is 7.15. The van der Waals surface area contributed by atoms with E-state index in [9.17, 15) is 9.59 Å². The van der Waals surface area contributed by atoms with Gasteiger partial charge in [-0.3, -0.25) is 4.79 Å². The predicted molar refractivity (Wildman–Crippen MR) is 114 cm³/mol. The summed E-state index contributed by atoms with van der Waals surface area (Å²) in [7, 11) is 0. The Morgan fingerprint density at radius 1 is 0.967 bits per heavy atom. The number of H-pyrrole nitrogens is 1. The van der Waals surface area contributed by atoms with Crippen molar-refractivity contribution in [2.24, 2.45) is 0 Å². The standard InChI is InChI=1S/C24H19N3O3/c28-22(27-14-13-16-7-1-6-12-21(16)27)15-30-24(29)18-9-3-2-8-17(18)23-25-19-10-4-5-11-20(19)26-23/h1-12H,13-15H2,(H,25,26). The topological polar surface area (TPSA) is 75.3 Å². The number of aromatic amines is 1. The van der Waals surface area contributed by atoms with Gasteiger partial charge in [0.1, 0.15) is 5.82 Å². The molecule has 2 heterocycles. The first-order valence-corrected chi connectivity index (χ1v) is 9.80. The highest BCUT2D eigenvalue weighted by Gasteiger charge is 2.25. The maximum atomic E-state index is 12.8. The number of fused-ring (bicyclic) bond motifs is 2. The van der Waals surface area contributed by atoms with Crippen LogP contribution in [0.4, 0.5) is 5.69 Å². The maximum Gasteiger partial charge on any atom is 0.339 e. The van der Waals surface area contributed by atoms with Crippen LogP contribution in [0.1, 0.15) is 15.9 Å². The summed E-state index contributed by atoms with van der Waals surface area (Å²) < 4.78 is 5.38. The third kappa shape index (κ3) is 3.22. The molecule has 30 heavy (non-hydrogen) atoms. The molecule has 1 aromatic heterocycles. The molecule has 148 valence electrons. The lowest BCUT2D eigenvalue weighted by Gasteiger charge is -2.17. The summed E-state index contributed by atoms with van der Waals surface area (Å²) in [6.07, 6.45) is 0.810. The number of nitrogens with zero attached hydrogens (tertiary/aromatic N) is 2. The van der Waals surface area contributed by atoms with E-state index in [0.717, 1.165) is 28.7 Å². The predicted octanol–water partition coefficient (Wildman–Crippen LogP) is 3.98. The number of rotatable bonds is 4. The molecule has 6 heteroatoms. The molecule has 6 nitrogen and oxygen atoms in total. The number of benzene rings is 3. The number of carbonyl (C=O) groups is 2. The summed E-state index contributed by atoms with van der Waals surface area (Å²) in [5, 5.41) is 0. The number of hydrogen-bond acceptors (Lipinski definition) is 4. The van der Waals surface area contributed by atoms with Crippen molar-refractivity contribution in [3.05, 3.63) is 83.9 Å². The molecule has 1 amide bonds. The van der Waals surface area contributed by atoms with Crippen LogP contribution in [0.5, 0.6) is 0 Å². The first-order chi connectivity index (χ1) is 14.7. The fourth-order valence-corrected chi connectivity index (χ4v) is 3.83. The monoisotopic (exact) mass is 397 g/mol. The van der Waals surface area contributed by atoms with Crippen LogP contribution >= 0.6 is 0 Å². The third-order valence-electron chi connectivity index (χ3n) is 5.31. The van der Waals surface area contributed by atoms with Crippen LogP contribution in [0, 0.1) is 0 Å². The van der Waals surface area contributed by atoms with Crippen molar-refractivity contribution in [3.63, 3.8) is 0 Å². The van der Waals surface area contributed by atoms with Gasteiger partial charge in [-0.2, -0.15) is 0 Å². The van der Waals surface area contributed by atoms with Crippen molar-refractivity contribution < 1.29 is 14.3 Å². The molecule has 0 unspecified atom stereocenters. The molecule has 0 radical (unpaired) electrons. The van der Waals surface area contributed by atoms with Crippen LogP contribution in [0.25, 0.3) is 22.4 Å². The molecule has 1 aliphatic heterocycles. The average Bonchev–Trinajstić information content (AvgIpc) is 3.41. The zero-order valence-corrected chi connectivity index (χ0v) is 16.2. The van der Waals surface area contributed by atoms with Gasteiger partial charge in [0.15, 0.2) is 6.61 Å².